The van der Waals surface area contributed by atoms with Gasteiger partial charge in [-0.2, -0.15) is 0 Å². The van der Waals surface area contributed by atoms with Crippen molar-refractivity contribution < 1.29 is 9.53 Å². The quantitative estimate of drug-likeness (QED) is 0.918. The lowest BCUT2D eigenvalue weighted by molar-refractivity contribution is -0.117. The fraction of sp³-hybridized carbons (Fsp3) is 0.286. The molecule has 2 heterocycles. The lowest BCUT2D eigenvalue weighted by Crippen LogP contribution is -2.08. The zero-order valence-corrected chi connectivity index (χ0v) is 13.1. The minimum absolute atomic E-state index is 0.117. The molecule has 1 aromatic carbocycles. The summed E-state index contributed by atoms with van der Waals surface area (Å²) in [6.45, 7) is 0.690. The Bertz CT molecular complexity index is 669. The number of ketones is 1. The van der Waals surface area contributed by atoms with Crippen LogP contribution >= 0.6 is 27.3 Å². The topological polar surface area (TPSA) is 65.2 Å². The summed E-state index contributed by atoms with van der Waals surface area (Å²) >= 11 is 4.84. The minimum Gasteiger partial charge on any atom is -0.493 e. The van der Waals surface area contributed by atoms with Gasteiger partial charge in [0.25, 0.3) is 0 Å². The van der Waals surface area contributed by atoms with E-state index in [1.54, 1.807) is 0 Å². The molecule has 0 bridgehead atoms. The van der Waals surface area contributed by atoms with Gasteiger partial charge in [-0.1, -0.05) is 15.9 Å². The molecule has 1 aromatic heterocycles. The molecule has 3 rings (SSSR count). The fourth-order valence-corrected chi connectivity index (χ4v) is 3.47. The van der Waals surface area contributed by atoms with Gasteiger partial charge < -0.3 is 10.5 Å². The van der Waals surface area contributed by atoms with Gasteiger partial charge in [0.1, 0.15) is 11.5 Å². The van der Waals surface area contributed by atoms with Crippen molar-refractivity contribution in [3.63, 3.8) is 0 Å². The molecular weight excluding hydrogens is 340 g/mol. The summed E-state index contributed by atoms with van der Waals surface area (Å²) in [6, 6.07) is 4.01. The van der Waals surface area contributed by atoms with E-state index in [4.69, 9.17) is 10.5 Å². The standard InChI is InChI=1S/C14H13BrN2O2S/c15-10-3-8-1-2-19-13(8)9(4-10)5-12(18)6-11-7-20-14(16)17-11/h3-4,7H,1-2,5-6H2,(H2,16,17). The molecule has 0 fully saturated rings. The molecule has 6 heteroatoms. The van der Waals surface area contributed by atoms with Gasteiger partial charge in [0.2, 0.25) is 0 Å². The van der Waals surface area contributed by atoms with E-state index in [-0.39, 0.29) is 5.78 Å². The van der Waals surface area contributed by atoms with Gasteiger partial charge in [-0.25, -0.2) is 4.98 Å². The van der Waals surface area contributed by atoms with Crippen molar-refractivity contribution in [1.29, 1.82) is 0 Å². The number of nitrogen functional groups attached to an aromatic ring is 1. The van der Waals surface area contributed by atoms with E-state index < -0.39 is 0 Å². The van der Waals surface area contributed by atoms with Crippen LogP contribution in [0.15, 0.2) is 22.0 Å². The predicted molar refractivity (Wildman–Crippen MR) is 82.3 cm³/mol. The number of thiazole rings is 1. The van der Waals surface area contributed by atoms with Gasteiger partial charge in [-0.15, -0.1) is 11.3 Å². The maximum absolute atomic E-state index is 12.2. The van der Waals surface area contributed by atoms with Crippen molar-refractivity contribution in [3.8, 4) is 5.75 Å². The summed E-state index contributed by atoms with van der Waals surface area (Å²) in [4.78, 5) is 16.3. The molecule has 0 amide bonds. The Labute approximate surface area is 129 Å². The van der Waals surface area contributed by atoms with Gasteiger partial charge in [0.05, 0.1) is 12.3 Å². The first-order chi connectivity index (χ1) is 9.61. The predicted octanol–water partition coefficient (Wildman–Crippen LogP) is 2.78. The Kier molecular flexibility index (Phi) is 3.76. The van der Waals surface area contributed by atoms with Crippen LogP contribution in [0.25, 0.3) is 0 Å². The molecule has 0 atom stereocenters. The number of carbonyl (C=O) groups is 1. The van der Waals surface area contributed by atoms with E-state index in [1.807, 2.05) is 11.4 Å². The summed E-state index contributed by atoms with van der Waals surface area (Å²) in [7, 11) is 0. The van der Waals surface area contributed by atoms with E-state index in [2.05, 4.69) is 27.0 Å². The van der Waals surface area contributed by atoms with E-state index in [0.29, 0.717) is 24.6 Å². The van der Waals surface area contributed by atoms with Crippen LogP contribution in [-0.4, -0.2) is 17.4 Å². The van der Waals surface area contributed by atoms with Crippen LogP contribution in [0.1, 0.15) is 16.8 Å². The van der Waals surface area contributed by atoms with Gasteiger partial charge >= 0.3 is 0 Å². The largest absolute Gasteiger partial charge is 0.493 e. The number of hydrogen-bond acceptors (Lipinski definition) is 5. The third-order valence-electron chi connectivity index (χ3n) is 3.16. The van der Waals surface area contributed by atoms with Crippen LogP contribution in [0.2, 0.25) is 0 Å². The maximum Gasteiger partial charge on any atom is 0.180 e. The van der Waals surface area contributed by atoms with E-state index >= 15 is 0 Å². The number of anilines is 1. The highest BCUT2D eigenvalue weighted by molar-refractivity contribution is 9.10. The molecule has 0 unspecified atom stereocenters. The maximum atomic E-state index is 12.2. The van der Waals surface area contributed by atoms with Gasteiger partial charge in [-0.3, -0.25) is 4.79 Å². The Morgan fingerprint density at radius 3 is 3.05 bits per heavy atom. The lowest BCUT2D eigenvalue weighted by Gasteiger charge is -2.08. The average Bonchev–Trinajstić information content (AvgIpc) is 2.98. The van der Waals surface area contributed by atoms with Crippen molar-refractivity contribution in [2.45, 2.75) is 19.3 Å². The summed E-state index contributed by atoms with van der Waals surface area (Å²) in [5, 5.41) is 2.33. The second kappa shape index (κ2) is 5.54. The number of carbonyl (C=O) groups excluding carboxylic acids is 1. The highest BCUT2D eigenvalue weighted by Crippen LogP contribution is 2.33. The van der Waals surface area contributed by atoms with E-state index in [0.717, 1.165) is 27.9 Å². The molecule has 0 radical (unpaired) electrons. The number of rotatable bonds is 4. The second-order valence-corrected chi connectivity index (χ2v) is 6.53. The number of halogens is 1. The average molecular weight is 353 g/mol. The zero-order valence-electron chi connectivity index (χ0n) is 10.7. The molecule has 1 aliphatic rings. The van der Waals surface area contributed by atoms with E-state index in [1.165, 1.54) is 16.9 Å². The highest BCUT2D eigenvalue weighted by atomic mass is 79.9. The number of hydrogen-bond donors (Lipinski definition) is 1. The van der Waals surface area contributed by atoms with E-state index in [9.17, 15) is 4.79 Å². The zero-order chi connectivity index (χ0) is 14.1. The number of ether oxygens (including phenoxy) is 1. The summed E-state index contributed by atoms with van der Waals surface area (Å²) in [5.41, 5.74) is 8.42. The van der Waals surface area contributed by atoms with Gasteiger partial charge in [0, 0.05) is 34.7 Å². The van der Waals surface area contributed by atoms with Crippen LogP contribution in [0, 0.1) is 0 Å². The SMILES string of the molecule is Nc1nc(CC(=O)Cc2cc(Br)cc3c2OCC3)cs1. The molecule has 104 valence electrons. The molecule has 0 saturated heterocycles. The molecule has 1 aliphatic heterocycles. The first kappa shape index (κ1) is 13.6. The smallest absolute Gasteiger partial charge is 0.180 e. The monoisotopic (exact) mass is 352 g/mol. The first-order valence-corrected chi connectivity index (χ1v) is 7.95. The van der Waals surface area contributed by atoms with Crippen molar-refractivity contribution in [1.82, 2.24) is 4.98 Å². The summed E-state index contributed by atoms with van der Waals surface area (Å²) in [5.74, 6) is 0.991. The highest BCUT2D eigenvalue weighted by Gasteiger charge is 2.19. The van der Waals surface area contributed by atoms with Crippen LogP contribution in [0.3, 0.4) is 0 Å². The Morgan fingerprint density at radius 2 is 2.30 bits per heavy atom. The van der Waals surface area contributed by atoms with Crippen molar-refractivity contribution in [2.24, 2.45) is 0 Å². The molecule has 4 nitrogen and oxygen atoms in total. The Morgan fingerprint density at radius 1 is 1.45 bits per heavy atom. The minimum atomic E-state index is 0.117. The Balaban J connectivity index is 1.76. The molecule has 0 spiro atoms. The third kappa shape index (κ3) is 2.86. The molecule has 2 aromatic rings. The number of benzene rings is 1. The molecule has 2 N–H and O–H groups in total. The molecule has 0 saturated carbocycles. The van der Waals surface area contributed by atoms with Crippen LogP contribution in [0.5, 0.6) is 5.75 Å². The first-order valence-electron chi connectivity index (χ1n) is 6.27. The molecule has 0 aliphatic carbocycles. The molecule has 20 heavy (non-hydrogen) atoms. The van der Waals surface area contributed by atoms with Crippen molar-refractivity contribution >= 4 is 38.2 Å². The normalized spacial score (nSPS) is 13.1. The number of nitrogens with two attached hydrogens (primary N) is 1. The van der Waals surface area contributed by atoms with Crippen LogP contribution in [0.4, 0.5) is 5.13 Å². The van der Waals surface area contributed by atoms with Crippen molar-refractivity contribution in [2.75, 3.05) is 12.3 Å². The lowest BCUT2D eigenvalue weighted by atomic mass is 10.0. The van der Waals surface area contributed by atoms with Gasteiger partial charge in [-0.05, 0) is 17.7 Å². The molecular formula is C14H13BrN2O2S. The number of nitrogens with zero attached hydrogens (tertiary/aromatic N) is 1. The fourth-order valence-electron chi connectivity index (χ4n) is 2.36. The Hall–Kier alpha value is -1.40. The number of aromatic nitrogens is 1. The summed E-state index contributed by atoms with van der Waals surface area (Å²) in [6.07, 6.45) is 1.58. The van der Waals surface area contributed by atoms with Crippen LogP contribution in [-0.2, 0) is 24.1 Å². The summed E-state index contributed by atoms with van der Waals surface area (Å²) < 4.78 is 6.62. The van der Waals surface area contributed by atoms with Gasteiger partial charge in [0.15, 0.2) is 5.13 Å². The third-order valence-corrected chi connectivity index (χ3v) is 4.34. The van der Waals surface area contributed by atoms with Crippen molar-refractivity contribution in [3.05, 3.63) is 38.8 Å². The number of Topliss-reactive ketones (excluding diaryl/α,β-unsaturated/α-hetero) is 1. The number of fused-ring (bicyclic) bond motifs is 1. The second-order valence-electron chi connectivity index (χ2n) is 4.72. The van der Waals surface area contributed by atoms with Crippen LogP contribution < -0.4 is 10.5 Å².